The summed E-state index contributed by atoms with van der Waals surface area (Å²) in [5.74, 6) is 0.583. The van der Waals surface area contributed by atoms with Crippen LogP contribution in [0.2, 0.25) is 0 Å². The van der Waals surface area contributed by atoms with E-state index in [-0.39, 0.29) is 5.29 Å². The van der Waals surface area contributed by atoms with Gasteiger partial charge in [0, 0.05) is 6.54 Å². The first-order valence-electron chi connectivity index (χ1n) is 4.82. The fourth-order valence-corrected chi connectivity index (χ4v) is 1.41. The Kier molecular flexibility index (Phi) is 5.68. The molecule has 1 heterocycles. The molecule has 0 spiro atoms. The van der Waals surface area contributed by atoms with E-state index >= 15 is 0 Å². The van der Waals surface area contributed by atoms with Gasteiger partial charge in [0.2, 0.25) is 5.29 Å². The van der Waals surface area contributed by atoms with Crippen LogP contribution in [-0.4, -0.2) is 30.8 Å². The molecule has 1 aliphatic heterocycles. The molecule has 0 fully saturated rings. The average molecular weight is 249 g/mol. The van der Waals surface area contributed by atoms with E-state index < -0.39 is 0 Å². The third-order valence-electron chi connectivity index (χ3n) is 1.85. The molecule has 1 rings (SSSR count). The lowest BCUT2D eigenvalue weighted by Gasteiger charge is -2.07. The van der Waals surface area contributed by atoms with Gasteiger partial charge >= 0.3 is 0 Å². The van der Waals surface area contributed by atoms with Crippen molar-refractivity contribution in [2.75, 3.05) is 19.6 Å². The Morgan fingerprint density at radius 2 is 2.20 bits per heavy atom. The molecule has 0 aliphatic carbocycles. The van der Waals surface area contributed by atoms with Gasteiger partial charge in [-0.25, -0.2) is 0 Å². The lowest BCUT2D eigenvalue weighted by atomic mass is 10.3. The molecule has 0 saturated heterocycles. The molecule has 0 aromatic carbocycles. The van der Waals surface area contributed by atoms with Crippen LogP contribution in [0.25, 0.3) is 0 Å². The highest BCUT2D eigenvalue weighted by Crippen LogP contribution is 2.08. The van der Waals surface area contributed by atoms with Gasteiger partial charge in [-0.05, 0) is 37.1 Å². The minimum Gasteiger partial charge on any atom is -0.369 e. The Morgan fingerprint density at radius 3 is 2.93 bits per heavy atom. The third kappa shape index (κ3) is 4.64. The summed E-state index contributed by atoms with van der Waals surface area (Å²) >= 11 is 11.7. The monoisotopic (exact) mass is 248 g/mol. The highest BCUT2D eigenvalue weighted by Gasteiger charge is 2.07. The molecule has 1 aliphatic rings. The molecular weight excluding hydrogens is 235 g/mol. The smallest absolute Gasteiger partial charge is 0.220 e. The second-order valence-corrected chi connectivity index (χ2v) is 3.79. The topological polar surface area (TPSA) is 62.8 Å². The normalized spacial score (nSPS) is 16.3. The van der Waals surface area contributed by atoms with E-state index in [1.165, 1.54) is 0 Å². The van der Waals surface area contributed by atoms with Crippen molar-refractivity contribution < 1.29 is 0 Å². The van der Waals surface area contributed by atoms with Crippen molar-refractivity contribution in [3.05, 3.63) is 11.1 Å². The third-order valence-corrected chi connectivity index (χ3v) is 2.38. The summed E-state index contributed by atoms with van der Waals surface area (Å²) < 4.78 is 0. The Morgan fingerprint density at radius 1 is 1.40 bits per heavy atom. The summed E-state index contributed by atoms with van der Waals surface area (Å²) in [6, 6.07) is 0. The second kappa shape index (κ2) is 6.82. The van der Waals surface area contributed by atoms with Crippen molar-refractivity contribution in [2.24, 2.45) is 15.7 Å². The van der Waals surface area contributed by atoms with Crippen LogP contribution in [0.15, 0.2) is 21.1 Å². The standard InChI is InChI=1S/C9H14Cl2N4/c10-7-3-6-14-9(11)15-8(7)13-5-2-1-4-12/h3H,1-2,4-6,12H2,(H,13,14,15). The second-order valence-electron chi connectivity index (χ2n) is 3.04. The lowest BCUT2D eigenvalue weighted by Crippen LogP contribution is -2.25. The first-order chi connectivity index (χ1) is 7.24. The summed E-state index contributed by atoms with van der Waals surface area (Å²) in [6.45, 7) is 1.94. The zero-order valence-corrected chi connectivity index (χ0v) is 9.85. The Balaban J connectivity index is 2.47. The molecule has 0 aromatic heterocycles. The van der Waals surface area contributed by atoms with E-state index in [9.17, 15) is 0 Å². The highest BCUT2D eigenvalue weighted by atomic mass is 35.5. The summed E-state index contributed by atoms with van der Waals surface area (Å²) in [7, 11) is 0. The SMILES string of the molecule is NCCCCNC1=NC(Cl)=NCC=C1Cl. The van der Waals surface area contributed by atoms with Crippen molar-refractivity contribution in [3.8, 4) is 0 Å². The van der Waals surface area contributed by atoms with Gasteiger partial charge in [0.05, 0.1) is 11.6 Å². The number of amidine groups is 2. The molecule has 0 saturated carbocycles. The van der Waals surface area contributed by atoms with E-state index in [2.05, 4.69) is 15.3 Å². The maximum atomic E-state index is 5.98. The molecule has 84 valence electrons. The molecule has 0 aromatic rings. The fraction of sp³-hybridized carbons (Fsp3) is 0.556. The van der Waals surface area contributed by atoms with Crippen molar-refractivity contribution in [1.82, 2.24) is 5.32 Å². The van der Waals surface area contributed by atoms with Crippen molar-refractivity contribution in [2.45, 2.75) is 12.8 Å². The van der Waals surface area contributed by atoms with Gasteiger partial charge < -0.3 is 11.1 Å². The molecule has 0 atom stereocenters. The van der Waals surface area contributed by atoms with Gasteiger partial charge in [0.25, 0.3) is 0 Å². The lowest BCUT2D eigenvalue weighted by molar-refractivity contribution is 0.719. The zero-order chi connectivity index (χ0) is 11.1. The first kappa shape index (κ1) is 12.5. The average Bonchev–Trinajstić information content (AvgIpc) is 2.36. The molecule has 6 heteroatoms. The van der Waals surface area contributed by atoms with Crippen LogP contribution in [0, 0.1) is 0 Å². The van der Waals surface area contributed by atoms with Crippen LogP contribution in [0.1, 0.15) is 12.8 Å². The van der Waals surface area contributed by atoms with Gasteiger partial charge in [-0.1, -0.05) is 11.6 Å². The molecule has 0 unspecified atom stereocenters. The number of nitrogens with zero attached hydrogens (tertiary/aromatic N) is 2. The number of rotatable bonds is 4. The number of hydrogen-bond acceptors (Lipinski definition) is 4. The fourth-order valence-electron chi connectivity index (χ4n) is 1.08. The maximum Gasteiger partial charge on any atom is 0.220 e. The van der Waals surface area contributed by atoms with Gasteiger partial charge in [0.15, 0.2) is 0 Å². The molecule has 4 nitrogen and oxygen atoms in total. The summed E-state index contributed by atoms with van der Waals surface area (Å²) in [4.78, 5) is 7.99. The van der Waals surface area contributed by atoms with Crippen LogP contribution in [0.5, 0.6) is 0 Å². The van der Waals surface area contributed by atoms with E-state index in [1.54, 1.807) is 6.08 Å². The van der Waals surface area contributed by atoms with Crippen LogP contribution in [0.4, 0.5) is 0 Å². The van der Waals surface area contributed by atoms with Crippen molar-refractivity contribution in [3.63, 3.8) is 0 Å². The molecule has 0 bridgehead atoms. The first-order valence-corrected chi connectivity index (χ1v) is 5.58. The number of aliphatic imine (C=N–C) groups is 2. The van der Waals surface area contributed by atoms with Crippen LogP contribution in [-0.2, 0) is 0 Å². The predicted octanol–water partition coefficient (Wildman–Crippen LogP) is 1.44. The zero-order valence-electron chi connectivity index (χ0n) is 8.34. The van der Waals surface area contributed by atoms with Crippen LogP contribution in [0.3, 0.4) is 0 Å². The van der Waals surface area contributed by atoms with E-state index in [0.29, 0.717) is 24.0 Å². The number of unbranched alkanes of at least 4 members (excludes halogenated alkanes) is 1. The number of nitrogens with one attached hydrogen (secondary N) is 1. The predicted molar refractivity (Wildman–Crippen MR) is 65.8 cm³/mol. The van der Waals surface area contributed by atoms with E-state index in [0.717, 1.165) is 19.4 Å². The van der Waals surface area contributed by atoms with E-state index in [1.807, 2.05) is 0 Å². The number of halogens is 2. The Labute approximate surface area is 99.3 Å². The largest absolute Gasteiger partial charge is 0.369 e. The minimum atomic E-state index is 0.225. The summed E-state index contributed by atoms with van der Waals surface area (Å²) in [6.07, 6.45) is 3.73. The quantitative estimate of drug-likeness (QED) is 0.585. The molecule has 0 amide bonds. The van der Waals surface area contributed by atoms with Crippen molar-refractivity contribution >= 4 is 34.3 Å². The molecule has 15 heavy (non-hydrogen) atoms. The molecule has 3 N–H and O–H groups in total. The number of hydrogen-bond donors (Lipinski definition) is 2. The highest BCUT2D eigenvalue weighted by molar-refractivity contribution is 6.66. The summed E-state index contributed by atoms with van der Waals surface area (Å²) in [5, 5.41) is 3.89. The summed E-state index contributed by atoms with van der Waals surface area (Å²) in [5.41, 5.74) is 5.39. The van der Waals surface area contributed by atoms with Gasteiger partial charge in [0.1, 0.15) is 5.84 Å². The maximum absolute atomic E-state index is 5.98. The molecular formula is C9H14Cl2N4. The van der Waals surface area contributed by atoms with Gasteiger partial charge in [-0.15, -0.1) is 0 Å². The Hall–Kier alpha value is -0.580. The van der Waals surface area contributed by atoms with Crippen LogP contribution < -0.4 is 11.1 Å². The van der Waals surface area contributed by atoms with Gasteiger partial charge in [-0.3, -0.25) is 4.99 Å². The Bertz CT molecular complexity index is 296. The van der Waals surface area contributed by atoms with E-state index in [4.69, 9.17) is 28.9 Å². The minimum absolute atomic E-state index is 0.225. The molecule has 0 radical (unpaired) electrons. The van der Waals surface area contributed by atoms with Gasteiger partial charge in [-0.2, -0.15) is 4.99 Å². The van der Waals surface area contributed by atoms with Crippen molar-refractivity contribution in [1.29, 1.82) is 0 Å². The van der Waals surface area contributed by atoms with Crippen LogP contribution >= 0.6 is 23.2 Å². The number of nitrogens with two attached hydrogens (primary N) is 1.